The third-order valence-electron chi connectivity index (χ3n) is 15.9. The molecule has 8 rings (SSSR count). The predicted octanol–water partition coefficient (Wildman–Crippen LogP) is 16.1. The second-order valence-electron chi connectivity index (χ2n) is 22.8. The van der Waals surface area contributed by atoms with E-state index in [4.69, 9.17) is 47.9 Å². The lowest BCUT2D eigenvalue weighted by Gasteiger charge is -2.38. The van der Waals surface area contributed by atoms with E-state index in [0.717, 1.165) is 27.7 Å². The lowest BCUT2D eigenvalue weighted by atomic mass is 9.97. The van der Waals surface area contributed by atoms with E-state index >= 15 is 0 Å². The molecule has 6 aromatic rings. The number of aromatic nitrogens is 4. The summed E-state index contributed by atoms with van der Waals surface area (Å²) < 4.78 is 47.6. The van der Waals surface area contributed by atoms with E-state index in [9.17, 15) is 19.2 Å². The molecule has 90 heavy (non-hydrogen) atoms. The minimum Gasteiger partial charge on any atom is -0.493 e. The summed E-state index contributed by atoms with van der Waals surface area (Å²) in [7, 11) is -2.25. The van der Waals surface area contributed by atoms with Crippen LogP contribution in [0, 0.1) is 11.5 Å². The van der Waals surface area contributed by atoms with Gasteiger partial charge in [0.05, 0.1) is 86.8 Å². The molecule has 3 aromatic heterocycles. The summed E-state index contributed by atoms with van der Waals surface area (Å²) in [6.45, 7) is 23.0. The normalized spacial score (nSPS) is 11.8. The van der Waals surface area contributed by atoms with Gasteiger partial charge in [-0.05, 0) is 155 Å². The number of nitrogens with zero attached hydrogens (tertiary/aromatic N) is 2. The van der Waals surface area contributed by atoms with Crippen molar-refractivity contribution in [2.45, 2.75) is 137 Å². The van der Waals surface area contributed by atoms with Crippen LogP contribution in [0.5, 0.6) is 23.0 Å². The highest BCUT2D eigenvalue weighted by molar-refractivity contribution is 6.90. The fraction of sp³-hybridized carbons (Fsp3) is 0.397. The molecule has 0 saturated carbocycles. The van der Waals surface area contributed by atoms with Crippen molar-refractivity contribution in [1.29, 1.82) is 0 Å². The smallest absolute Gasteiger partial charge is 0.305 e. The molecule has 0 aliphatic carbocycles. The molecule has 0 amide bonds. The Morgan fingerprint density at radius 1 is 0.433 bits per heavy atom. The van der Waals surface area contributed by atoms with Crippen molar-refractivity contribution >= 4 is 78.3 Å². The van der Waals surface area contributed by atoms with Crippen LogP contribution in [0.4, 0.5) is 0 Å². The van der Waals surface area contributed by atoms with Crippen molar-refractivity contribution in [3.8, 4) is 67.8 Å². The van der Waals surface area contributed by atoms with Gasteiger partial charge < -0.3 is 47.9 Å². The number of ether oxygens (including phenoxy) is 8. The third-order valence-corrected chi connectivity index (χ3v) is 22.2. The molecule has 17 heteroatoms. The average molecular weight is 1240 g/mol. The van der Waals surface area contributed by atoms with Crippen molar-refractivity contribution in [2.24, 2.45) is 0 Å². The number of benzene rings is 3. The summed E-state index contributed by atoms with van der Waals surface area (Å²) in [5, 5.41) is 0. The van der Waals surface area contributed by atoms with Gasteiger partial charge in [0.25, 0.3) is 0 Å². The molecule has 2 aliphatic rings. The Hall–Kier alpha value is -8.88. The van der Waals surface area contributed by atoms with Crippen LogP contribution in [0.1, 0.15) is 149 Å². The number of fused-ring (bicyclic) bond motifs is 8. The lowest BCUT2D eigenvalue weighted by molar-refractivity contribution is -0.144. The Balaban J connectivity index is 1.44. The van der Waals surface area contributed by atoms with Crippen molar-refractivity contribution in [3.63, 3.8) is 0 Å². The van der Waals surface area contributed by atoms with Gasteiger partial charge in [0.2, 0.25) is 0 Å². The Morgan fingerprint density at radius 3 is 1.12 bits per heavy atom. The zero-order valence-corrected chi connectivity index (χ0v) is 54.8. The van der Waals surface area contributed by atoms with Crippen LogP contribution in [0.15, 0.2) is 91.0 Å². The number of hydrogen-bond acceptors (Lipinski definition) is 14. The number of carbonyl (C=O) groups is 4. The number of carbonyl (C=O) groups excluding carboxylic acids is 4. The highest BCUT2D eigenvalue weighted by atomic mass is 28.3. The topological polar surface area (TPSA) is 199 Å². The summed E-state index contributed by atoms with van der Waals surface area (Å²) in [6.07, 6.45) is 10.3. The quantitative estimate of drug-likeness (QED) is 0.0142. The first-order valence-electron chi connectivity index (χ1n) is 31.8. The first kappa shape index (κ1) is 67.1. The van der Waals surface area contributed by atoms with Gasteiger partial charge >= 0.3 is 23.9 Å². The van der Waals surface area contributed by atoms with E-state index in [1.165, 1.54) is 0 Å². The average Bonchev–Trinajstić information content (AvgIpc) is 1.58. The number of hydrogen-bond donors (Lipinski definition) is 2. The molecular formula is C73H86N4O12Si. The molecular weight excluding hydrogens is 1150 g/mol. The summed E-state index contributed by atoms with van der Waals surface area (Å²) in [5.74, 6) is 4.58. The maximum atomic E-state index is 12.5. The minimum atomic E-state index is -2.25. The van der Waals surface area contributed by atoms with E-state index in [0.29, 0.717) is 121 Å². The zero-order chi connectivity index (χ0) is 64.2. The molecule has 5 heterocycles. The molecule has 0 saturated heterocycles. The highest BCUT2D eigenvalue weighted by Crippen LogP contribution is 2.47. The molecule has 2 N–H and O–H groups in total. The van der Waals surface area contributed by atoms with Crippen molar-refractivity contribution < 1.29 is 57.1 Å². The summed E-state index contributed by atoms with van der Waals surface area (Å²) in [4.78, 5) is 68.8. The largest absolute Gasteiger partial charge is 0.493 e. The summed E-state index contributed by atoms with van der Waals surface area (Å²) in [6, 6.07) is 29.5. The maximum Gasteiger partial charge on any atom is 0.305 e. The maximum absolute atomic E-state index is 12.5. The Morgan fingerprint density at radius 2 is 0.778 bits per heavy atom. The van der Waals surface area contributed by atoms with Crippen molar-refractivity contribution in [2.75, 3.05) is 52.9 Å². The first-order chi connectivity index (χ1) is 43.6. The van der Waals surface area contributed by atoms with Crippen LogP contribution >= 0.6 is 0 Å². The number of nitrogens with one attached hydrogen (secondary N) is 2. The second-order valence-corrected chi connectivity index (χ2v) is 28.4. The minimum absolute atomic E-state index is 0.178. The standard InChI is InChI=1S/C73H86N4O12Si/c1-11-82-65(78)29-19-42-86-61-25-17-26-62(87-43-20-30-66(79)83-12-2)72(61)70-57-35-33-52(74-57)47-53-34-36-58(75-53)71(73-63(88-44-21-31-67(80)84-13-3)27-18-28-64(73)89-45-22-32-68(81)85-14-4)60-40-38-56(77-60)69(55-37-39-59(70)76-55)54-24-16-15-23-51(54)41-46-90(48(5)6,49(7)8)50(9)10/h15-18,23-28,33-40,47-50,74-75H,11-14,19-22,29-32,42-45H2,1-10H3. The molecule has 16 nitrogen and oxygen atoms in total. The predicted molar refractivity (Wildman–Crippen MR) is 359 cm³/mol. The number of rotatable bonds is 30. The van der Waals surface area contributed by atoms with E-state index in [1.807, 2.05) is 103 Å². The summed E-state index contributed by atoms with van der Waals surface area (Å²) >= 11 is 0. The van der Waals surface area contributed by atoms with Gasteiger partial charge in [0.1, 0.15) is 31.1 Å². The highest BCUT2D eigenvalue weighted by Gasteiger charge is 2.42. The second kappa shape index (κ2) is 32.6. The van der Waals surface area contributed by atoms with Gasteiger partial charge in [-0.1, -0.05) is 77.8 Å². The fourth-order valence-electron chi connectivity index (χ4n) is 11.9. The molecule has 3 aromatic carbocycles. The third kappa shape index (κ3) is 16.7. The van der Waals surface area contributed by atoms with Gasteiger partial charge in [-0.15, -0.1) is 5.54 Å². The molecule has 8 bridgehead atoms. The zero-order valence-electron chi connectivity index (χ0n) is 53.8. The fourth-order valence-corrected chi connectivity index (χ4v) is 17.1. The van der Waals surface area contributed by atoms with E-state index in [2.05, 4.69) is 75.1 Å². The van der Waals surface area contributed by atoms with Crippen LogP contribution in [0.25, 0.3) is 79.8 Å². The van der Waals surface area contributed by atoms with Gasteiger partial charge in [0.15, 0.2) is 0 Å². The Kier molecular flexibility index (Phi) is 24.3. The van der Waals surface area contributed by atoms with Gasteiger partial charge in [-0.3, -0.25) is 19.2 Å². The number of H-pyrrole nitrogens is 2. The number of aromatic amines is 2. The first-order valence-corrected chi connectivity index (χ1v) is 34.0. The molecule has 0 fully saturated rings. The van der Waals surface area contributed by atoms with Crippen LogP contribution < -0.4 is 18.9 Å². The summed E-state index contributed by atoms with van der Waals surface area (Å²) in [5.41, 5.74) is 15.5. The Bertz CT molecular complexity index is 3500. The van der Waals surface area contributed by atoms with E-state index in [-0.39, 0.29) is 102 Å². The molecule has 0 radical (unpaired) electrons. The van der Waals surface area contributed by atoms with E-state index < -0.39 is 8.07 Å². The molecule has 2 aliphatic heterocycles. The lowest BCUT2D eigenvalue weighted by Crippen LogP contribution is -2.43. The van der Waals surface area contributed by atoms with Crippen LogP contribution in [-0.2, 0) is 38.1 Å². The molecule has 0 atom stereocenters. The SMILES string of the molecule is CCOC(=O)CCCOc1cccc(OCCCC(=O)OCC)c1-c1c2nc(c(-c3ccccc3C#C[Si](C(C)C)(C(C)C)C(C)C)c3nc(c(-c4c(OCCCC(=O)OCC)cccc4OCCCC(=O)OCC)c4ccc(cc5ccc1[nH]5)[nH]4)C=C3)C=C2. The monoisotopic (exact) mass is 1240 g/mol. The van der Waals surface area contributed by atoms with E-state index in [1.54, 1.807) is 27.7 Å². The number of esters is 4. The van der Waals surface area contributed by atoms with Gasteiger partial charge in [-0.2, -0.15) is 0 Å². The molecule has 474 valence electrons. The molecule has 0 unspecified atom stereocenters. The van der Waals surface area contributed by atoms with Crippen LogP contribution in [-0.4, -0.2) is 105 Å². The van der Waals surface area contributed by atoms with Gasteiger partial charge in [0, 0.05) is 75.6 Å². The van der Waals surface area contributed by atoms with Gasteiger partial charge in [-0.25, -0.2) is 9.97 Å². The Labute approximate surface area is 530 Å². The van der Waals surface area contributed by atoms with Crippen LogP contribution in [0.3, 0.4) is 0 Å². The van der Waals surface area contributed by atoms with Crippen LogP contribution in [0.2, 0.25) is 16.6 Å². The van der Waals surface area contributed by atoms with Crippen molar-refractivity contribution in [3.05, 3.63) is 119 Å². The van der Waals surface area contributed by atoms with Crippen molar-refractivity contribution in [1.82, 2.24) is 19.9 Å². The molecule has 0 spiro atoms.